The Bertz CT molecular complexity index is 1390. The number of thioether (sulfide) groups is 1. The number of nitrogens with one attached hydrogen (secondary N) is 3. The van der Waals surface area contributed by atoms with Crippen LogP contribution in [0.2, 0.25) is 0 Å². The van der Waals surface area contributed by atoms with Crippen LogP contribution in [0.4, 0.5) is 4.39 Å². The quantitative estimate of drug-likeness (QED) is 0.263. The molecule has 0 aromatic heterocycles. The van der Waals surface area contributed by atoms with E-state index in [1.165, 1.54) is 24.3 Å². The van der Waals surface area contributed by atoms with E-state index in [4.69, 9.17) is 0 Å². The van der Waals surface area contributed by atoms with Crippen molar-refractivity contribution < 1.29 is 28.4 Å². The second-order valence-corrected chi connectivity index (χ2v) is 11.3. The highest BCUT2D eigenvalue weighted by molar-refractivity contribution is 8.14. The number of amides is 3. The maximum Gasteiger partial charge on any atom is 0.251 e. The van der Waals surface area contributed by atoms with Gasteiger partial charge in [-0.25, -0.2) is 4.39 Å². The molecule has 1 aliphatic heterocycles. The summed E-state index contributed by atoms with van der Waals surface area (Å²) in [5.74, 6) is -2.13. The zero-order valence-corrected chi connectivity index (χ0v) is 23.6. The lowest BCUT2D eigenvalue weighted by Gasteiger charge is -2.28. The Kier molecular flexibility index (Phi) is 11.0. The minimum Gasteiger partial charge on any atom is -0.356 e. The number of aldehydes is 1. The van der Waals surface area contributed by atoms with Crippen LogP contribution < -0.4 is 16.0 Å². The Morgan fingerprint density at radius 3 is 2.21 bits per heavy atom. The van der Waals surface area contributed by atoms with Gasteiger partial charge < -0.3 is 20.7 Å². The van der Waals surface area contributed by atoms with E-state index >= 15 is 0 Å². The first-order chi connectivity index (χ1) is 20.3. The number of benzene rings is 3. The van der Waals surface area contributed by atoms with Crippen LogP contribution in [0.1, 0.15) is 34.3 Å². The fraction of sp³-hybridized carbons (Fsp3) is 0.281. The van der Waals surface area contributed by atoms with Crippen LogP contribution in [-0.2, 0) is 32.0 Å². The fourth-order valence-corrected chi connectivity index (χ4v) is 5.74. The molecule has 0 aliphatic carbocycles. The Morgan fingerprint density at radius 2 is 1.60 bits per heavy atom. The first kappa shape index (κ1) is 30.6. The molecule has 1 aliphatic rings. The van der Waals surface area contributed by atoms with E-state index in [1.807, 2.05) is 30.3 Å². The van der Waals surface area contributed by atoms with Crippen LogP contribution in [0.3, 0.4) is 0 Å². The van der Waals surface area contributed by atoms with Crippen LogP contribution in [-0.4, -0.2) is 53.0 Å². The van der Waals surface area contributed by atoms with Gasteiger partial charge in [0, 0.05) is 36.9 Å². The van der Waals surface area contributed by atoms with E-state index in [2.05, 4.69) is 16.0 Å². The van der Waals surface area contributed by atoms with E-state index in [9.17, 15) is 28.4 Å². The van der Waals surface area contributed by atoms with Gasteiger partial charge in [0.1, 0.15) is 18.1 Å². The number of rotatable bonds is 13. The molecule has 0 saturated carbocycles. The smallest absolute Gasteiger partial charge is 0.251 e. The van der Waals surface area contributed by atoms with Gasteiger partial charge >= 0.3 is 0 Å². The number of hydrogen-bond donors (Lipinski definition) is 3. The molecule has 10 heteroatoms. The number of halogens is 1. The largest absolute Gasteiger partial charge is 0.356 e. The number of carbonyl (C=O) groups excluding carboxylic acids is 5. The number of carbonyl (C=O) groups is 5. The highest BCUT2D eigenvalue weighted by atomic mass is 32.2. The standard InChI is InChI=1S/C32H32FN3O5S/c33-25-13-11-22(12-14-25)17-27(36-31(40)23-9-5-2-6-10-23)32(41)35-26(19-24-15-16-34-30(24)39)28(20-37)42-29(38)18-21-7-3-1-4-8-21/h1-14,20,24,26-28H,15-19H2,(H,34,39)(H,35,41)(H,36,40)/t24-,26-,27-,28-/m0/s1. The van der Waals surface area contributed by atoms with Gasteiger partial charge in [0.25, 0.3) is 5.91 Å². The molecule has 3 amide bonds. The van der Waals surface area contributed by atoms with Gasteiger partial charge in [0.2, 0.25) is 11.8 Å². The summed E-state index contributed by atoms with van der Waals surface area (Å²) in [4.78, 5) is 64.3. The monoisotopic (exact) mass is 589 g/mol. The molecular formula is C32H32FN3O5S. The Morgan fingerprint density at radius 1 is 0.929 bits per heavy atom. The van der Waals surface area contributed by atoms with Crippen LogP contribution in [0.15, 0.2) is 84.9 Å². The normalized spacial score (nSPS) is 16.5. The Hall–Kier alpha value is -4.31. The van der Waals surface area contributed by atoms with Crippen LogP contribution in [0, 0.1) is 11.7 Å². The molecule has 1 heterocycles. The van der Waals surface area contributed by atoms with Crippen molar-refractivity contribution in [3.63, 3.8) is 0 Å². The fourth-order valence-electron chi connectivity index (χ4n) is 4.79. The molecule has 218 valence electrons. The van der Waals surface area contributed by atoms with Gasteiger partial charge in [-0.2, -0.15) is 0 Å². The summed E-state index contributed by atoms with van der Waals surface area (Å²) in [5, 5.41) is 7.15. The van der Waals surface area contributed by atoms with Crippen LogP contribution >= 0.6 is 11.8 Å². The van der Waals surface area contributed by atoms with E-state index in [0.717, 1.165) is 17.3 Å². The Labute approximate surface area is 247 Å². The SMILES string of the molecule is O=C[C@H](SC(=O)Cc1ccccc1)[C@H](C[C@@H]1CCNC1=O)NC(=O)[C@H](Cc1ccc(F)cc1)NC(=O)c1ccccc1. The molecule has 0 radical (unpaired) electrons. The maximum absolute atomic E-state index is 13.7. The summed E-state index contributed by atoms with van der Waals surface area (Å²) < 4.78 is 13.5. The minimum atomic E-state index is -1.08. The van der Waals surface area contributed by atoms with Crippen LogP contribution in [0.25, 0.3) is 0 Å². The second kappa shape index (κ2) is 15.1. The zero-order valence-electron chi connectivity index (χ0n) is 22.8. The van der Waals surface area contributed by atoms with Crippen molar-refractivity contribution in [1.82, 2.24) is 16.0 Å². The average molecular weight is 590 g/mol. The van der Waals surface area contributed by atoms with E-state index in [0.29, 0.717) is 30.4 Å². The molecule has 4 rings (SSSR count). The Balaban J connectivity index is 1.55. The third kappa shape index (κ3) is 8.84. The van der Waals surface area contributed by atoms with Crippen molar-refractivity contribution >= 4 is 40.9 Å². The van der Waals surface area contributed by atoms with Crippen molar-refractivity contribution in [1.29, 1.82) is 0 Å². The molecule has 1 fully saturated rings. The molecule has 0 bridgehead atoms. The van der Waals surface area contributed by atoms with E-state index < -0.39 is 40.9 Å². The summed E-state index contributed by atoms with van der Waals surface area (Å²) in [6.07, 6.45) is 1.43. The summed E-state index contributed by atoms with van der Waals surface area (Å²) in [7, 11) is 0. The van der Waals surface area contributed by atoms with Crippen molar-refractivity contribution in [2.45, 2.75) is 43.0 Å². The van der Waals surface area contributed by atoms with Gasteiger partial charge in [-0.1, -0.05) is 72.4 Å². The first-order valence-electron chi connectivity index (χ1n) is 13.7. The van der Waals surface area contributed by atoms with Gasteiger partial charge in [-0.15, -0.1) is 0 Å². The second-order valence-electron chi connectivity index (χ2n) is 10.1. The lowest BCUT2D eigenvalue weighted by molar-refractivity contribution is -0.126. The molecule has 3 aromatic carbocycles. The van der Waals surface area contributed by atoms with E-state index in [-0.39, 0.29) is 30.3 Å². The summed E-state index contributed by atoms with van der Waals surface area (Å²) in [6.45, 7) is 0.482. The molecule has 3 aromatic rings. The van der Waals surface area contributed by atoms with Crippen molar-refractivity contribution in [2.24, 2.45) is 5.92 Å². The van der Waals surface area contributed by atoms with Gasteiger partial charge in [-0.3, -0.25) is 19.2 Å². The molecule has 3 N–H and O–H groups in total. The highest BCUT2D eigenvalue weighted by Gasteiger charge is 2.35. The molecule has 1 saturated heterocycles. The van der Waals surface area contributed by atoms with Gasteiger partial charge in [0.05, 0.1) is 5.25 Å². The third-order valence-electron chi connectivity index (χ3n) is 7.03. The zero-order chi connectivity index (χ0) is 29.9. The average Bonchev–Trinajstić information content (AvgIpc) is 3.41. The molecule has 4 atom stereocenters. The summed E-state index contributed by atoms with van der Waals surface area (Å²) in [6, 6.07) is 21.1. The van der Waals surface area contributed by atoms with Crippen LogP contribution in [0.5, 0.6) is 0 Å². The van der Waals surface area contributed by atoms with Crippen molar-refractivity contribution in [3.8, 4) is 0 Å². The first-order valence-corrected chi connectivity index (χ1v) is 14.6. The lowest BCUT2D eigenvalue weighted by atomic mass is 9.95. The highest BCUT2D eigenvalue weighted by Crippen LogP contribution is 2.25. The van der Waals surface area contributed by atoms with Gasteiger partial charge in [0.15, 0.2) is 5.12 Å². The predicted octanol–water partition coefficient (Wildman–Crippen LogP) is 3.25. The summed E-state index contributed by atoms with van der Waals surface area (Å²) in [5.41, 5.74) is 1.75. The number of hydrogen-bond acceptors (Lipinski definition) is 6. The molecule has 8 nitrogen and oxygen atoms in total. The molecule has 0 unspecified atom stereocenters. The predicted molar refractivity (Wildman–Crippen MR) is 158 cm³/mol. The van der Waals surface area contributed by atoms with Crippen molar-refractivity contribution in [3.05, 3.63) is 107 Å². The minimum absolute atomic E-state index is 0.0488. The molecular weight excluding hydrogens is 557 g/mol. The third-order valence-corrected chi connectivity index (χ3v) is 8.15. The lowest BCUT2D eigenvalue weighted by Crippen LogP contribution is -2.54. The summed E-state index contributed by atoms with van der Waals surface area (Å²) >= 11 is 0.820. The maximum atomic E-state index is 13.7. The molecule has 0 spiro atoms. The van der Waals surface area contributed by atoms with Crippen molar-refractivity contribution in [2.75, 3.05) is 6.54 Å². The van der Waals surface area contributed by atoms with E-state index in [1.54, 1.807) is 30.3 Å². The molecule has 42 heavy (non-hydrogen) atoms. The topological polar surface area (TPSA) is 121 Å². The van der Waals surface area contributed by atoms with Gasteiger partial charge in [-0.05, 0) is 48.2 Å².